The second-order valence-electron chi connectivity index (χ2n) is 6.24. The van der Waals surface area contributed by atoms with E-state index in [2.05, 4.69) is 0 Å². The fourth-order valence-corrected chi connectivity index (χ4v) is 2.39. The van der Waals surface area contributed by atoms with Gasteiger partial charge in [0.25, 0.3) is 0 Å². The quantitative estimate of drug-likeness (QED) is 0.238. The third kappa shape index (κ3) is 14.8. The Labute approximate surface area is 152 Å². The van der Waals surface area contributed by atoms with Gasteiger partial charge in [-0.3, -0.25) is 4.79 Å². The Kier molecular flexibility index (Phi) is 15.5. The van der Waals surface area contributed by atoms with E-state index in [-0.39, 0.29) is 5.97 Å². The molecule has 0 aromatic rings. The van der Waals surface area contributed by atoms with E-state index in [1.807, 2.05) is 19.1 Å². The average molecular weight is 357 g/mol. The van der Waals surface area contributed by atoms with E-state index in [9.17, 15) is 20.1 Å². The van der Waals surface area contributed by atoms with Gasteiger partial charge in [0.05, 0.1) is 24.9 Å². The highest BCUT2D eigenvalue weighted by molar-refractivity contribution is 5.69. The molecule has 3 unspecified atom stereocenters. The topological polar surface area (TPSA) is 87.0 Å². The van der Waals surface area contributed by atoms with Gasteiger partial charge < -0.3 is 20.1 Å². The van der Waals surface area contributed by atoms with Crippen LogP contribution in [-0.2, 0) is 9.53 Å². The number of aliphatic hydroxyl groups is 3. The summed E-state index contributed by atoms with van der Waals surface area (Å²) >= 11 is 0. The molecule has 0 aliphatic rings. The molecule has 0 aliphatic heterocycles. The standard InChI is InChI=1S/C20H36O5/c1-3-5-9-13-18(22)19(23)16-15-17(21)12-10-7-6-8-11-14-20(24)25-4-2/h5,9,15-19,21-23H,3-4,6-8,10-14H2,1-2H3. The molecule has 3 atom stereocenters. The van der Waals surface area contributed by atoms with Crippen molar-refractivity contribution in [3.8, 4) is 0 Å². The van der Waals surface area contributed by atoms with Gasteiger partial charge in [-0.05, 0) is 32.6 Å². The van der Waals surface area contributed by atoms with E-state index in [0.29, 0.717) is 25.9 Å². The third-order valence-corrected chi connectivity index (χ3v) is 3.89. The summed E-state index contributed by atoms with van der Waals surface area (Å²) in [4.78, 5) is 11.2. The first kappa shape index (κ1) is 23.8. The van der Waals surface area contributed by atoms with Gasteiger partial charge in [0.15, 0.2) is 0 Å². The second-order valence-corrected chi connectivity index (χ2v) is 6.24. The third-order valence-electron chi connectivity index (χ3n) is 3.89. The van der Waals surface area contributed by atoms with Gasteiger partial charge in [0, 0.05) is 6.42 Å². The molecule has 5 nitrogen and oxygen atoms in total. The zero-order valence-corrected chi connectivity index (χ0v) is 15.8. The Morgan fingerprint density at radius 1 is 0.960 bits per heavy atom. The zero-order chi connectivity index (χ0) is 18.9. The van der Waals surface area contributed by atoms with Crippen LogP contribution < -0.4 is 0 Å². The van der Waals surface area contributed by atoms with E-state index in [1.165, 1.54) is 6.08 Å². The predicted octanol–water partition coefficient (Wildman–Crippen LogP) is 3.28. The molecule has 0 amide bonds. The summed E-state index contributed by atoms with van der Waals surface area (Å²) in [6.45, 7) is 4.25. The van der Waals surface area contributed by atoms with Crippen molar-refractivity contribution in [1.29, 1.82) is 0 Å². The van der Waals surface area contributed by atoms with Gasteiger partial charge in [-0.1, -0.05) is 56.9 Å². The number of carbonyl (C=O) groups is 1. The molecule has 0 fully saturated rings. The highest BCUT2D eigenvalue weighted by Crippen LogP contribution is 2.11. The summed E-state index contributed by atoms with van der Waals surface area (Å²) in [7, 11) is 0. The fraction of sp³-hybridized carbons (Fsp3) is 0.750. The molecule has 3 N–H and O–H groups in total. The van der Waals surface area contributed by atoms with Crippen LogP contribution in [0.3, 0.4) is 0 Å². The fourth-order valence-electron chi connectivity index (χ4n) is 2.39. The number of esters is 1. The predicted molar refractivity (Wildman–Crippen MR) is 100 cm³/mol. The van der Waals surface area contributed by atoms with E-state index < -0.39 is 18.3 Å². The first-order chi connectivity index (χ1) is 12.0. The number of rotatable bonds is 15. The van der Waals surface area contributed by atoms with Crippen molar-refractivity contribution < 1.29 is 24.9 Å². The first-order valence-corrected chi connectivity index (χ1v) is 9.54. The number of unbranched alkanes of at least 4 members (excludes halogenated alkanes) is 4. The maximum absolute atomic E-state index is 11.2. The average Bonchev–Trinajstić information content (AvgIpc) is 2.59. The summed E-state index contributed by atoms with van der Waals surface area (Å²) in [5.74, 6) is -0.131. The largest absolute Gasteiger partial charge is 0.466 e. The van der Waals surface area contributed by atoms with E-state index in [1.54, 1.807) is 13.0 Å². The molecule has 0 bridgehead atoms. The summed E-state index contributed by atoms with van der Waals surface area (Å²) in [6.07, 6.45) is 11.6. The van der Waals surface area contributed by atoms with Crippen LogP contribution in [0.5, 0.6) is 0 Å². The van der Waals surface area contributed by atoms with Crippen molar-refractivity contribution in [3.63, 3.8) is 0 Å². The molecular formula is C20H36O5. The Hall–Kier alpha value is -1.17. The summed E-state index contributed by atoms with van der Waals surface area (Å²) in [5, 5.41) is 29.4. The van der Waals surface area contributed by atoms with Gasteiger partial charge in [0.2, 0.25) is 0 Å². The van der Waals surface area contributed by atoms with Crippen LogP contribution in [0.4, 0.5) is 0 Å². The highest BCUT2D eigenvalue weighted by atomic mass is 16.5. The Bertz CT molecular complexity index is 378. The molecule has 0 radical (unpaired) electrons. The highest BCUT2D eigenvalue weighted by Gasteiger charge is 2.11. The second kappa shape index (κ2) is 16.3. The van der Waals surface area contributed by atoms with Crippen molar-refractivity contribution in [3.05, 3.63) is 24.3 Å². The molecule has 0 aromatic carbocycles. The SMILES string of the molecule is CCC=CCC(O)C(O)C=CC(O)CCCCCCCC(=O)OCC. The maximum atomic E-state index is 11.2. The van der Waals surface area contributed by atoms with Gasteiger partial charge in [-0.25, -0.2) is 0 Å². The number of hydrogen-bond donors (Lipinski definition) is 3. The minimum absolute atomic E-state index is 0.131. The van der Waals surface area contributed by atoms with Crippen molar-refractivity contribution in [2.24, 2.45) is 0 Å². The maximum Gasteiger partial charge on any atom is 0.305 e. The van der Waals surface area contributed by atoms with Crippen molar-refractivity contribution >= 4 is 5.97 Å². The molecule has 0 heterocycles. The summed E-state index contributed by atoms with van der Waals surface area (Å²) in [5.41, 5.74) is 0. The molecule has 0 saturated heterocycles. The van der Waals surface area contributed by atoms with Gasteiger partial charge >= 0.3 is 5.97 Å². The van der Waals surface area contributed by atoms with E-state index in [0.717, 1.165) is 38.5 Å². The van der Waals surface area contributed by atoms with Crippen LogP contribution in [0.2, 0.25) is 0 Å². The van der Waals surface area contributed by atoms with Crippen molar-refractivity contribution in [1.82, 2.24) is 0 Å². The molecule has 0 rings (SSSR count). The molecule has 0 aliphatic carbocycles. The van der Waals surface area contributed by atoms with Crippen LogP contribution in [-0.4, -0.2) is 46.2 Å². The van der Waals surface area contributed by atoms with Gasteiger partial charge in [0.1, 0.15) is 0 Å². The number of ether oxygens (including phenoxy) is 1. The molecule has 0 spiro atoms. The smallest absolute Gasteiger partial charge is 0.305 e. The van der Waals surface area contributed by atoms with Crippen LogP contribution in [0.1, 0.15) is 71.6 Å². The first-order valence-electron chi connectivity index (χ1n) is 9.54. The molecule has 5 heteroatoms. The molecule has 25 heavy (non-hydrogen) atoms. The lowest BCUT2D eigenvalue weighted by Crippen LogP contribution is -2.23. The number of aliphatic hydroxyl groups excluding tert-OH is 3. The van der Waals surface area contributed by atoms with Crippen LogP contribution in [0, 0.1) is 0 Å². The lowest BCUT2D eigenvalue weighted by Gasteiger charge is -2.13. The number of carbonyl (C=O) groups excluding carboxylic acids is 1. The van der Waals surface area contributed by atoms with Crippen LogP contribution in [0.15, 0.2) is 24.3 Å². The monoisotopic (exact) mass is 356 g/mol. The van der Waals surface area contributed by atoms with Crippen molar-refractivity contribution in [2.45, 2.75) is 89.9 Å². The zero-order valence-electron chi connectivity index (χ0n) is 15.8. The Morgan fingerprint density at radius 2 is 1.64 bits per heavy atom. The number of hydrogen-bond acceptors (Lipinski definition) is 5. The van der Waals surface area contributed by atoms with E-state index >= 15 is 0 Å². The molecule has 0 saturated carbocycles. The van der Waals surface area contributed by atoms with Gasteiger partial charge in [-0.15, -0.1) is 0 Å². The minimum Gasteiger partial charge on any atom is -0.466 e. The van der Waals surface area contributed by atoms with Crippen LogP contribution >= 0.6 is 0 Å². The Morgan fingerprint density at radius 3 is 2.32 bits per heavy atom. The molecular weight excluding hydrogens is 320 g/mol. The summed E-state index contributed by atoms with van der Waals surface area (Å²) < 4.78 is 4.87. The van der Waals surface area contributed by atoms with E-state index in [4.69, 9.17) is 4.74 Å². The van der Waals surface area contributed by atoms with Crippen LogP contribution in [0.25, 0.3) is 0 Å². The van der Waals surface area contributed by atoms with Gasteiger partial charge in [-0.2, -0.15) is 0 Å². The molecule has 146 valence electrons. The summed E-state index contributed by atoms with van der Waals surface area (Å²) in [6, 6.07) is 0. The lowest BCUT2D eigenvalue weighted by atomic mass is 10.0. The molecule has 0 aromatic heterocycles. The van der Waals surface area contributed by atoms with Crippen molar-refractivity contribution in [2.75, 3.05) is 6.61 Å². The Balaban J connectivity index is 3.70. The lowest BCUT2D eigenvalue weighted by molar-refractivity contribution is -0.143. The normalized spacial score (nSPS) is 15.6. The minimum atomic E-state index is -0.959. The number of allylic oxidation sites excluding steroid dienone is 1.